The molecule has 3 nitrogen and oxygen atoms in total. The zero-order valence-electron chi connectivity index (χ0n) is 25.1. The number of pyridine rings is 1. The van der Waals surface area contributed by atoms with Crippen LogP contribution in [0.3, 0.4) is 0 Å². The maximum atomic E-state index is 9.30. The summed E-state index contributed by atoms with van der Waals surface area (Å²) >= 11 is 0. The van der Waals surface area contributed by atoms with Crippen molar-refractivity contribution in [1.82, 2.24) is 0 Å². The van der Waals surface area contributed by atoms with E-state index in [4.69, 9.17) is 17.8 Å². The van der Waals surface area contributed by atoms with Gasteiger partial charge in [0.05, 0.1) is 13.5 Å². The van der Waals surface area contributed by atoms with Crippen molar-refractivity contribution in [1.29, 1.82) is 0 Å². The van der Waals surface area contributed by atoms with Crippen LogP contribution in [0.15, 0.2) is 34.7 Å². The summed E-state index contributed by atoms with van der Waals surface area (Å²) in [5.74, 6) is 0. The molecular weight excluding hydrogens is 380 g/mol. The molecule has 31 heavy (non-hydrogen) atoms. The fraction of sp³-hybridized carbons (Fsp3) is 0.357. The van der Waals surface area contributed by atoms with Gasteiger partial charge in [-0.15, -0.1) is 0 Å². The Labute approximate surface area is 193 Å². The number of aromatic nitrogens is 1. The summed E-state index contributed by atoms with van der Waals surface area (Å²) in [7, 11) is 1.71. The van der Waals surface area contributed by atoms with E-state index in [1.54, 1.807) is 45.4 Å². The molecule has 2 aromatic carbocycles. The lowest BCUT2D eigenvalue weighted by atomic mass is 9.85. The first-order valence-corrected chi connectivity index (χ1v) is 10.3. The predicted molar refractivity (Wildman–Crippen MR) is 129 cm³/mol. The summed E-state index contributed by atoms with van der Waals surface area (Å²) < 4.78 is 60.1. The van der Waals surface area contributed by atoms with E-state index in [2.05, 4.69) is 4.85 Å². The summed E-state index contributed by atoms with van der Waals surface area (Å²) in [5.41, 5.74) is 3.39. The molecule has 158 valence electrons. The Morgan fingerprint density at radius 2 is 1.94 bits per heavy atom. The van der Waals surface area contributed by atoms with Gasteiger partial charge in [-0.2, -0.15) is 4.57 Å². The predicted octanol–water partition coefficient (Wildman–Crippen LogP) is 7.45. The molecule has 3 heteroatoms. The van der Waals surface area contributed by atoms with E-state index in [9.17, 15) is 1.37 Å². The minimum absolute atomic E-state index is 0.121. The molecule has 0 fully saturated rings. The monoisotopic (exact) mass is 417 g/mol. The van der Waals surface area contributed by atoms with Crippen LogP contribution >= 0.6 is 0 Å². The number of hydrogen-bond acceptors (Lipinski definition) is 1. The van der Waals surface area contributed by atoms with Gasteiger partial charge in [0.25, 0.3) is 0 Å². The Bertz CT molecular complexity index is 1630. The van der Waals surface area contributed by atoms with Gasteiger partial charge in [-0.1, -0.05) is 39.0 Å². The average molecular weight is 418 g/mol. The molecule has 4 aromatic rings. The van der Waals surface area contributed by atoms with E-state index in [-0.39, 0.29) is 17.2 Å². The van der Waals surface area contributed by atoms with E-state index in [0.717, 1.165) is 21.9 Å². The lowest BCUT2D eigenvalue weighted by Gasteiger charge is -2.20. The van der Waals surface area contributed by atoms with Crippen molar-refractivity contribution in [2.45, 2.75) is 54.8 Å². The molecule has 0 saturated carbocycles. The second-order valence-electron chi connectivity index (χ2n) is 9.23. The summed E-state index contributed by atoms with van der Waals surface area (Å²) in [4.78, 5) is 3.54. The van der Waals surface area contributed by atoms with Gasteiger partial charge >= 0.3 is 0 Å². The van der Waals surface area contributed by atoms with Gasteiger partial charge in [0.1, 0.15) is 18.2 Å². The van der Waals surface area contributed by atoms with Crippen molar-refractivity contribution in [2.24, 2.45) is 12.5 Å². The third-order valence-corrected chi connectivity index (χ3v) is 5.69. The van der Waals surface area contributed by atoms with Crippen LogP contribution in [0.4, 0.5) is 5.69 Å². The number of furan rings is 1. The maximum absolute atomic E-state index is 9.30. The average Bonchev–Trinajstić information content (AvgIpc) is 3.14. The molecule has 0 bridgehead atoms. The fourth-order valence-electron chi connectivity index (χ4n) is 4.09. The molecule has 0 radical (unpaired) electrons. The van der Waals surface area contributed by atoms with E-state index in [1.807, 2.05) is 32.0 Å². The fourth-order valence-corrected chi connectivity index (χ4v) is 4.09. The Kier molecular flexibility index (Phi) is 3.46. The Morgan fingerprint density at radius 3 is 2.58 bits per heavy atom. The van der Waals surface area contributed by atoms with Crippen LogP contribution in [0.2, 0.25) is 0 Å². The highest BCUT2D eigenvalue weighted by Gasteiger charge is 2.26. The van der Waals surface area contributed by atoms with E-state index in [1.165, 1.54) is 0 Å². The second kappa shape index (κ2) is 7.24. The van der Waals surface area contributed by atoms with Crippen LogP contribution < -0.4 is 4.57 Å². The number of fused-ring (bicyclic) bond motifs is 3. The van der Waals surface area contributed by atoms with Gasteiger partial charge < -0.3 is 4.42 Å². The highest BCUT2D eigenvalue weighted by Crippen LogP contribution is 2.40. The summed E-state index contributed by atoms with van der Waals surface area (Å²) in [6, 6.07) is 7.22. The van der Waals surface area contributed by atoms with Crippen molar-refractivity contribution < 1.29 is 17.2 Å². The zero-order chi connectivity index (χ0) is 27.8. The normalized spacial score (nSPS) is 15.7. The highest BCUT2D eigenvalue weighted by atomic mass is 16.3. The third-order valence-electron chi connectivity index (χ3n) is 5.69. The Balaban J connectivity index is 2.25. The number of rotatable bonds is 2. The first kappa shape index (κ1) is 14.8. The molecule has 0 aliphatic heterocycles. The summed E-state index contributed by atoms with van der Waals surface area (Å²) in [5, 5.41) is 1.70. The van der Waals surface area contributed by atoms with Gasteiger partial charge in [0.2, 0.25) is 5.69 Å². The van der Waals surface area contributed by atoms with Crippen LogP contribution in [0, 0.1) is 39.6 Å². The maximum Gasteiger partial charge on any atom is 0.216 e. The van der Waals surface area contributed by atoms with Gasteiger partial charge in [-0.25, -0.2) is 4.85 Å². The molecular formula is C28H31N2O+. The first-order valence-electron chi connectivity index (χ1n) is 13.3. The molecule has 0 unspecified atom stereocenters. The first-order chi connectivity index (χ1) is 16.9. The Hall–Kier alpha value is -3.12. The van der Waals surface area contributed by atoms with E-state index >= 15 is 0 Å². The quantitative estimate of drug-likeness (QED) is 0.245. The zero-order valence-corrected chi connectivity index (χ0v) is 19.1. The number of hydrogen-bond donors (Lipinski definition) is 0. The van der Waals surface area contributed by atoms with Crippen LogP contribution in [0.5, 0.6) is 0 Å². The van der Waals surface area contributed by atoms with Crippen molar-refractivity contribution in [3.63, 3.8) is 0 Å². The van der Waals surface area contributed by atoms with Crippen LogP contribution in [0.1, 0.15) is 56.9 Å². The number of nitrogens with zero attached hydrogens (tertiary/aromatic N) is 2. The molecule has 0 amide bonds. The number of aryl methyl sites for hydroxylation is 2. The van der Waals surface area contributed by atoms with Crippen LogP contribution in [0.25, 0.3) is 38.0 Å². The molecule has 2 heterocycles. The molecule has 4 rings (SSSR count). The van der Waals surface area contributed by atoms with Crippen molar-refractivity contribution >= 4 is 27.6 Å². The lowest BCUT2D eigenvalue weighted by Crippen LogP contribution is -2.36. The molecule has 0 aliphatic rings. The lowest BCUT2D eigenvalue weighted by molar-refractivity contribution is -0.667. The van der Waals surface area contributed by atoms with E-state index in [0.29, 0.717) is 33.8 Å². The smallest absolute Gasteiger partial charge is 0.216 e. The minimum Gasteiger partial charge on any atom is -0.456 e. The van der Waals surface area contributed by atoms with Gasteiger partial charge in [-0.05, 0) is 55.2 Å². The largest absolute Gasteiger partial charge is 0.456 e. The topological polar surface area (TPSA) is 21.4 Å². The molecule has 0 spiro atoms. The van der Waals surface area contributed by atoms with E-state index < -0.39 is 18.6 Å². The third kappa shape index (κ3) is 3.51. The molecule has 2 aromatic heterocycles. The summed E-state index contributed by atoms with van der Waals surface area (Å²) in [6.07, 6.45) is -2.11. The van der Waals surface area contributed by atoms with Crippen LogP contribution in [-0.2, 0) is 13.4 Å². The molecule has 0 aliphatic carbocycles. The SMILES string of the molecule is [2H]c1c(C([2H])([2H])C(C)(C)C)c(C([2H])([2H])[2H])c(C)[n+](C)c1-c1c(C)ccc2c1oc1cc([N+]#[C-])cc(C)c12. The van der Waals surface area contributed by atoms with Gasteiger partial charge in [-0.3, -0.25) is 0 Å². The standard InChI is InChI=1S/C28H31N2O/c1-16-10-11-22-25-17(2)12-21(29-8)14-24(25)31-27(22)26(16)23-13-20(15-28(5,6)7)18(3)19(4)30(23)9/h10-14H,15H2,1-7,9H3/q+1/i3D3,13D,15D2. The number of benzene rings is 2. The van der Waals surface area contributed by atoms with Crippen molar-refractivity contribution in [2.75, 3.05) is 0 Å². The highest BCUT2D eigenvalue weighted by molar-refractivity contribution is 6.11. The van der Waals surface area contributed by atoms with Gasteiger partial charge in [0, 0.05) is 36.2 Å². The van der Waals surface area contributed by atoms with Gasteiger partial charge in [0.15, 0.2) is 11.4 Å². The van der Waals surface area contributed by atoms with Crippen LogP contribution in [-0.4, -0.2) is 0 Å². The molecule has 0 saturated heterocycles. The summed E-state index contributed by atoms with van der Waals surface area (Å²) in [6.45, 7) is 15.4. The van der Waals surface area contributed by atoms with Crippen molar-refractivity contribution in [3.05, 3.63) is 69.7 Å². The Morgan fingerprint density at radius 1 is 1.19 bits per heavy atom. The van der Waals surface area contributed by atoms with Crippen molar-refractivity contribution in [3.8, 4) is 11.3 Å². The minimum atomic E-state index is -2.61. The molecule has 0 atom stereocenters. The molecule has 0 N–H and O–H groups in total. The second-order valence-corrected chi connectivity index (χ2v) is 9.23.